The van der Waals surface area contributed by atoms with Crippen LogP contribution in [0.1, 0.15) is 28.0 Å². The topological polar surface area (TPSA) is 98.0 Å². The second-order valence-electron chi connectivity index (χ2n) is 7.15. The highest BCUT2D eigenvalue weighted by molar-refractivity contribution is 8.01. The van der Waals surface area contributed by atoms with Gasteiger partial charge in [0.15, 0.2) is 4.34 Å². The fourth-order valence-corrected chi connectivity index (χ4v) is 7.22. The second kappa shape index (κ2) is 7.35. The third-order valence-electron chi connectivity index (χ3n) is 5.18. The number of sulfonamides is 1. The van der Waals surface area contributed by atoms with Gasteiger partial charge in [-0.2, -0.15) is 0 Å². The van der Waals surface area contributed by atoms with Gasteiger partial charge in [-0.05, 0) is 41.0 Å². The lowest BCUT2D eigenvalue weighted by atomic mass is 10.1. The molecular formula is C21H18N4O2S3. The van der Waals surface area contributed by atoms with Crippen LogP contribution in [0, 0.1) is 6.92 Å². The van der Waals surface area contributed by atoms with E-state index in [1.165, 1.54) is 23.1 Å². The first-order valence-electron chi connectivity index (χ1n) is 9.28. The zero-order chi connectivity index (χ0) is 20.9. The van der Waals surface area contributed by atoms with E-state index in [0.29, 0.717) is 9.47 Å². The van der Waals surface area contributed by atoms with Gasteiger partial charge in [0.05, 0.1) is 16.2 Å². The lowest BCUT2D eigenvalue weighted by Crippen LogP contribution is -2.30. The van der Waals surface area contributed by atoms with Gasteiger partial charge in [0, 0.05) is 0 Å². The van der Waals surface area contributed by atoms with Crippen LogP contribution in [0.3, 0.4) is 0 Å². The summed E-state index contributed by atoms with van der Waals surface area (Å²) in [5.41, 5.74) is 8.82. The Balaban J connectivity index is 1.59. The normalized spacial score (nSPS) is 18.2. The first kappa shape index (κ1) is 19.5. The molecule has 4 aromatic rings. The summed E-state index contributed by atoms with van der Waals surface area (Å²) in [4.78, 5) is 0.250. The van der Waals surface area contributed by atoms with Crippen LogP contribution >= 0.6 is 23.1 Å². The number of thioether (sulfide) groups is 1. The predicted molar refractivity (Wildman–Crippen MR) is 121 cm³/mol. The zero-order valence-electron chi connectivity index (χ0n) is 15.9. The lowest BCUT2D eigenvalue weighted by molar-refractivity contribution is 0.557. The van der Waals surface area contributed by atoms with E-state index in [9.17, 15) is 8.42 Å². The molecule has 1 aliphatic rings. The quantitative estimate of drug-likeness (QED) is 0.462. The van der Waals surface area contributed by atoms with E-state index in [-0.39, 0.29) is 10.1 Å². The molecule has 0 unspecified atom stereocenters. The standard InChI is InChI=1S/C21H18N4O2S3/c1-12-8-10-14(11-9-12)30(26,27)25-18-15-6-2-4-13-5-3-7-16(17(13)15)19(18)28-21-24-23-20(22)29-21/h2-11,18-19,25H,1H3,(H2,22,23)/t18-,19-/m1/s1. The van der Waals surface area contributed by atoms with Crippen molar-refractivity contribution >= 4 is 49.0 Å². The Labute approximate surface area is 182 Å². The molecule has 3 N–H and O–H groups in total. The molecule has 1 heterocycles. The molecule has 6 nitrogen and oxygen atoms in total. The summed E-state index contributed by atoms with van der Waals surface area (Å²) in [6, 6.07) is 18.5. The molecule has 0 bridgehead atoms. The molecule has 1 aliphatic carbocycles. The number of rotatable bonds is 5. The Kier molecular flexibility index (Phi) is 4.78. The first-order valence-corrected chi connectivity index (χ1v) is 12.5. The van der Waals surface area contributed by atoms with E-state index in [0.717, 1.165) is 27.5 Å². The van der Waals surface area contributed by atoms with Crippen molar-refractivity contribution in [2.24, 2.45) is 0 Å². The highest BCUT2D eigenvalue weighted by Gasteiger charge is 2.38. The largest absolute Gasteiger partial charge is 0.374 e. The van der Waals surface area contributed by atoms with E-state index in [2.05, 4.69) is 14.9 Å². The van der Waals surface area contributed by atoms with Crippen LogP contribution in [0.4, 0.5) is 5.13 Å². The van der Waals surface area contributed by atoms with Crippen LogP contribution in [-0.4, -0.2) is 18.6 Å². The Morgan fingerprint density at radius 3 is 2.37 bits per heavy atom. The highest BCUT2D eigenvalue weighted by atomic mass is 32.2. The molecule has 9 heteroatoms. The summed E-state index contributed by atoms with van der Waals surface area (Å²) in [5, 5.41) is 10.4. The molecule has 0 spiro atoms. The fraction of sp³-hybridized carbons (Fsp3) is 0.143. The van der Waals surface area contributed by atoms with E-state index >= 15 is 0 Å². The number of nitrogens with zero attached hydrogens (tertiary/aromatic N) is 2. The third-order valence-corrected chi connectivity index (χ3v) is 8.78. The number of anilines is 1. The van der Waals surface area contributed by atoms with Crippen LogP contribution in [0.25, 0.3) is 10.8 Å². The van der Waals surface area contributed by atoms with Crippen molar-refractivity contribution in [3.63, 3.8) is 0 Å². The van der Waals surface area contributed by atoms with Gasteiger partial charge in [-0.15, -0.1) is 10.2 Å². The minimum atomic E-state index is -3.72. The number of hydrogen-bond donors (Lipinski definition) is 2. The Bertz CT molecular complexity index is 1350. The fourth-order valence-electron chi connectivity index (χ4n) is 3.82. The lowest BCUT2D eigenvalue weighted by Gasteiger charge is -2.22. The summed E-state index contributed by atoms with van der Waals surface area (Å²) in [7, 11) is -3.72. The molecule has 30 heavy (non-hydrogen) atoms. The minimum absolute atomic E-state index is 0.182. The van der Waals surface area contributed by atoms with Crippen molar-refractivity contribution in [3.05, 3.63) is 77.4 Å². The smallest absolute Gasteiger partial charge is 0.241 e. The monoisotopic (exact) mass is 454 g/mol. The number of aryl methyl sites for hydroxylation is 1. The van der Waals surface area contributed by atoms with Gasteiger partial charge in [0.1, 0.15) is 0 Å². The molecule has 2 atom stereocenters. The van der Waals surface area contributed by atoms with E-state index in [4.69, 9.17) is 5.73 Å². The average Bonchev–Trinajstić information content (AvgIpc) is 3.26. The number of nitrogens with one attached hydrogen (secondary N) is 1. The second-order valence-corrected chi connectivity index (χ2v) is 11.3. The Hall–Kier alpha value is -2.46. The SMILES string of the molecule is Cc1ccc(S(=O)(=O)N[C@@H]2c3cccc4cccc(c34)[C@H]2Sc2nnc(N)s2)cc1. The molecule has 0 fully saturated rings. The number of nitrogens with two attached hydrogens (primary N) is 1. The van der Waals surface area contributed by atoms with Gasteiger partial charge in [0.2, 0.25) is 15.2 Å². The third kappa shape index (κ3) is 3.37. The van der Waals surface area contributed by atoms with Gasteiger partial charge in [0.25, 0.3) is 0 Å². The van der Waals surface area contributed by atoms with Crippen LogP contribution in [0.5, 0.6) is 0 Å². The average molecular weight is 455 g/mol. The van der Waals surface area contributed by atoms with Gasteiger partial charge in [-0.3, -0.25) is 0 Å². The van der Waals surface area contributed by atoms with Gasteiger partial charge < -0.3 is 5.73 Å². The van der Waals surface area contributed by atoms with Crippen molar-refractivity contribution in [1.82, 2.24) is 14.9 Å². The molecule has 3 aromatic carbocycles. The van der Waals surface area contributed by atoms with Crippen molar-refractivity contribution in [3.8, 4) is 0 Å². The van der Waals surface area contributed by atoms with E-state index < -0.39 is 16.1 Å². The maximum absolute atomic E-state index is 13.2. The molecule has 0 aliphatic heterocycles. The number of hydrogen-bond acceptors (Lipinski definition) is 7. The molecule has 0 radical (unpaired) electrons. The molecule has 0 saturated carbocycles. The predicted octanol–water partition coefficient (Wildman–Crippen LogP) is 4.45. The number of benzene rings is 3. The van der Waals surface area contributed by atoms with Gasteiger partial charge in [-0.25, -0.2) is 13.1 Å². The van der Waals surface area contributed by atoms with Gasteiger partial charge >= 0.3 is 0 Å². The molecule has 1 aromatic heterocycles. The highest BCUT2D eigenvalue weighted by Crippen LogP contribution is 2.53. The first-order chi connectivity index (χ1) is 14.4. The molecule has 0 amide bonds. The van der Waals surface area contributed by atoms with Crippen LogP contribution in [0.15, 0.2) is 69.9 Å². The summed E-state index contributed by atoms with van der Waals surface area (Å²) in [6.45, 7) is 1.93. The summed E-state index contributed by atoms with van der Waals surface area (Å²) < 4.78 is 30.1. The number of nitrogen functional groups attached to an aromatic ring is 1. The van der Waals surface area contributed by atoms with Gasteiger partial charge in [-0.1, -0.05) is 77.2 Å². The van der Waals surface area contributed by atoms with Crippen molar-refractivity contribution < 1.29 is 8.42 Å². The van der Waals surface area contributed by atoms with E-state index in [1.807, 2.05) is 43.3 Å². The van der Waals surface area contributed by atoms with Crippen LogP contribution in [-0.2, 0) is 10.0 Å². The van der Waals surface area contributed by atoms with Crippen LogP contribution < -0.4 is 10.5 Å². The van der Waals surface area contributed by atoms with Crippen molar-refractivity contribution in [2.75, 3.05) is 5.73 Å². The molecule has 0 saturated heterocycles. The minimum Gasteiger partial charge on any atom is -0.374 e. The van der Waals surface area contributed by atoms with E-state index in [1.54, 1.807) is 24.3 Å². The summed E-state index contributed by atoms with van der Waals surface area (Å²) >= 11 is 2.79. The molecule has 152 valence electrons. The zero-order valence-corrected chi connectivity index (χ0v) is 18.4. The van der Waals surface area contributed by atoms with Crippen LogP contribution in [0.2, 0.25) is 0 Å². The number of aromatic nitrogens is 2. The van der Waals surface area contributed by atoms with Crippen molar-refractivity contribution in [1.29, 1.82) is 0 Å². The summed E-state index contributed by atoms with van der Waals surface area (Å²) in [6.07, 6.45) is 0. The molecule has 5 rings (SSSR count). The summed E-state index contributed by atoms with van der Waals surface area (Å²) in [5.74, 6) is 0. The maximum Gasteiger partial charge on any atom is 0.241 e. The Morgan fingerprint density at radius 2 is 1.70 bits per heavy atom. The Morgan fingerprint density at radius 1 is 1.00 bits per heavy atom. The van der Waals surface area contributed by atoms with Crippen molar-refractivity contribution in [2.45, 2.75) is 27.5 Å². The maximum atomic E-state index is 13.2. The molecular weight excluding hydrogens is 436 g/mol.